The van der Waals surface area contributed by atoms with Crippen LogP contribution in [0.15, 0.2) is 57.9 Å². The van der Waals surface area contributed by atoms with Gasteiger partial charge >= 0.3 is 0 Å². The van der Waals surface area contributed by atoms with Crippen LogP contribution in [0.2, 0.25) is 0 Å². The number of hydrogen-bond donors (Lipinski definition) is 1. The molecule has 1 N–H and O–H groups in total. The highest BCUT2D eigenvalue weighted by Gasteiger charge is 2.17. The Morgan fingerprint density at radius 2 is 1.67 bits per heavy atom. The van der Waals surface area contributed by atoms with E-state index in [4.69, 9.17) is 0 Å². The Morgan fingerprint density at radius 3 is 2.21 bits per heavy atom. The van der Waals surface area contributed by atoms with Crippen molar-refractivity contribution in [1.29, 1.82) is 0 Å². The van der Waals surface area contributed by atoms with Gasteiger partial charge in [-0.1, -0.05) is 40.2 Å². The van der Waals surface area contributed by atoms with Crippen molar-refractivity contribution in [2.45, 2.75) is 23.6 Å². The minimum atomic E-state index is -3.53. The smallest absolute Gasteiger partial charge is 0.216 e. The van der Waals surface area contributed by atoms with E-state index in [2.05, 4.69) is 20.7 Å². The summed E-state index contributed by atoms with van der Waals surface area (Å²) in [6, 6.07) is 12.8. The van der Waals surface area contributed by atoms with Crippen molar-refractivity contribution in [3.05, 3.63) is 64.1 Å². The molecule has 0 amide bonds. The lowest BCUT2D eigenvalue weighted by Crippen LogP contribution is -2.28. The van der Waals surface area contributed by atoms with Crippen molar-refractivity contribution in [2.75, 3.05) is 6.26 Å². The van der Waals surface area contributed by atoms with E-state index >= 15 is 0 Å². The average molecular weight is 432 g/mol. The van der Waals surface area contributed by atoms with Gasteiger partial charge in [-0.3, -0.25) is 0 Å². The zero-order chi connectivity index (χ0) is 18.0. The molecule has 0 heterocycles. The number of sulfone groups is 1. The monoisotopic (exact) mass is 431 g/mol. The Bertz CT molecular complexity index is 923. The molecule has 0 saturated heterocycles. The summed E-state index contributed by atoms with van der Waals surface area (Å²) in [5, 5.41) is 0. The second-order valence-electron chi connectivity index (χ2n) is 5.57. The van der Waals surface area contributed by atoms with Gasteiger partial charge in [0.25, 0.3) is 0 Å². The number of nitrogens with one attached hydrogen (secondary N) is 1. The molecule has 8 heteroatoms. The van der Waals surface area contributed by atoms with E-state index in [1.165, 1.54) is 12.1 Å². The zero-order valence-electron chi connectivity index (χ0n) is 13.2. The predicted molar refractivity (Wildman–Crippen MR) is 97.9 cm³/mol. The largest absolute Gasteiger partial charge is 0.224 e. The number of halogens is 1. The summed E-state index contributed by atoms with van der Waals surface area (Å²) < 4.78 is 50.9. The summed E-state index contributed by atoms with van der Waals surface area (Å²) in [6.45, 7) is 1.72. The number of benzene rings is 2. The van der Waals surface area contributed by atoms with Crippen LogP contribution in [0.1, 0.15) is 24.1 Å². The molecule has 0 unspecified atom stereocenters. The third kappa shape index (κ3) is 5.41. The average Bonchev–Trinajstić information content (AvgIpc) is 2.45. The van der Waals surface area contributed by atoms with Gasteiger partial charge in [-0.05, 0) is 42.3 Å². The summed E-state index contributed by atoms with van der Waals surface area (Å²) in [5.41, 5.74) is 1.37. The van der Waals surface area contributed by atoms with E-state index in [9.17, 15) is 16.8 Å². The van der Waals surface area contributed by atoms with Crippen molar-refractivity contribution in [3.8, 4) is 0 Å². The van der Waals surface area contributed by atoms with Gasteiger partial charge in [0, 0.05) is 16.8 Å². The van der Waals surface area contributed by atoms with Gasteiger partial charge < -0.3 is 0 Å². The molecule has 0 aliphatic rings. The minimum Gasteiger partial charge on any atom is -0.224 e. The Hall–Kier alpha value is -1.22. The Balaban J connectivity index is 2.11. The van der Waals surface area contributed by atoms with Crippen LogP contribution in [-0.2, 0) is 25.6 Å². The molecule has 1 atom stereocenters. The number of rotatable bonds is 6. The van der Waals surface area contributed by atoms with Gasteiger partial charge in [-0.25, -0.2) is 21.6 Å². The first-order chi connectivity index (χ1) is 11.1. The van der Waals surface area contributed by atoms with Crippen LogP contribution in [0.25, 0.3) is 0 Å². The van der Waals surface area contributed by atoms with Gasteiger partial charge in [0.15, 0.2) is 9.84 Å². The molecular weight excluding hydrogens is 414 g/mol. The standard InChI is InChI=1S/C16H18BrNO4S2/c1-12(14-6-8-16(9-7-14)23(2,19)20)18-24(21,22)11-13-4-3-5-15(17)10-13/h3-10,12,18H,11H2,1-2H3/t12-/m0/s1. The van der Waals surface area contributed by atoms with Crippen molar-refractivity contribution in [1.82, 2.24) is 4.72 Å². The number of hydrogen-bond acceptors (Lipinski definition) is 4. The fraction of sp³-hybridized carbons (Fsp3) is 0.250. The predicted octanol–water partition coefficient (Wildman–Crippen LogP) is 3.03. The Labute approximate surface area is 151 Å². The van der Waals surface area contributed by atoms with Crippen LogP contribution < -0.4 is 4.72 Å². The van der Waals surface area contributed by atoms with E-state index in [0.29, 0.717) is 11.1 Å². The molecule has 0 radical (unpaired) electrons. The SMILES string of the molecule is C[C@H](NS(=O)(=O)Cc1cccc(Br)c1)c1ccc(S(C)(=O)=O)cc1. The van der Waals surface area contributed by atoms with Gasteiger partial charge in [-0.15, -0.1) is 0 Å². The Kier molecular flexibility index (Phi) is 5.85. The maximum atomic E-state index is 12.3. The van der Waals surface area contributed by atoms with Gasteiger partial charge in [0.2, 0.25) is 10.0 Å². The summed E-state index contributed by atoms with van der Waals surface area (Å²) >= 11 is 3.32. The third-order valence-electron chi connectivity index (χ3n) is 3.41. The van der Waals surface area contributed by atoms with Crippen LogP contribution in [-0.4, -0.2) is 23.1 Å². The molecule has 0 fully saturated rings. The molecule has 0 aromatic heterocycles. The van der Waals surface area contributed by atoms with Crippen LogP contribution >= 0.6 is 15.9 Å². The molecule has 0 saturated carbocycles. The molecular formula is C16H18BrNO4S2. The molecule has 5 nitrogen and oxygen atoms in total. The topological polar surface area (TPSA) is 80.3 Å². The molecule has 2 aromatic rings. The zero-order valence-corrected chi connectivity index (χ0v) is 16.4. The molecule has 130 valence electrons. The molecule has 0 aliphatic carbocycles. The first kappa shape index (κ1) is 19.1. The molecule has 2 rings (SSSR count). The summed E-state index contributed by atoms with van der Waals surface area (Å²) in [6.07, 6.45) is 1.13. The van der Waals surface area contributed by atoms with Crippen LogP contribution in [0.4, 0.5) is 0 Å². The van der Waals surface area contributed by atoms with Crippen LogP contribution in [0, 0.1) is 0 Å². The van der Waals surface area contributed by atoms with Crippen molar-refractivity contribution in [3.63, 3.8) is 0 Å². The molecule has 24 heavy (non-hydrogen) atoms. The Morgan fingerprint density at radius 1 is 1.04 bits per heavy atom. The summed E-state index contributed by atoms with van der Waals surface area (Å²) in [4.78, 5) is 0.204. The second-order valence-corrected chi connectivity index (χ2v) is 10.3. The quantitative estimate of drug-likeness (QED) is 0.761. The van der Waals surface area contributed by atoms with E-state index in [1.54, 1.807) is 37.3 Å². The van der Waals surface area contributed by atoms with Crippen LogP contribution in [0.3, 0.4) is 0 Å². The van der Waals surface area contributed by atoms with Crippen molar-refractivity contribution >= 4 is 35.8 Å². The molecule has 0 spiro atoms. The van der Waals surface area contributed by atoms with Crippen LogP contribution in [0.5, 0.6) is 0 Å². The maximum absolute atomic E-state index is 12.3. The summed E-state index contributed by atoms with van der Waals surface area (Å²) in [7, 11) is -6.79. The molecule has 0 bridgehead atoms. The number of sulfonamides is 1. The fourth-order valence-corrected chi connectivity index (χ4v) is 4.68. The maximum Gasteiger partial charge on any atom is 0.216 e. The lowest BCUT2D eigenvalue weighted by atomic mass is 10.1. The van der Waals surface area contributed by atoms with E-state index in [1.807, 2.05) is 6.07 Å². The van der Waals surface area contributed by atoms with E-state index in [-0.39, 0.29) is 10.6 Å². The molecule has 0 aliphatic heterocycles. The lowest BCUT2D eigenvalue weighted by molar-refractivity contribution is 0.565. The van der Waals surface area contributed by atoms with Gasteiger partial charge in [0.1, 0.15) is 0 Å². The minimum absolute atomic E-state index is 0.127. The molecule has 2 aromatic carbocycles. The van der Waals surface area contributed by atoms with Crippen molar-refractivity contribution in [2.24, 2.45) is 0 Å². The lowest BCUT2D eigenvalue weighted by Gasteiger charge is -2.15. The summed E-state index contributed by atoms with van der Waals surface area (Å²) in [5.74, 6) is -0.127. The normalized spacial score (nSPS) is 13.6. The van der Waals surface area contributed by atoms with E-state index < -0.39 is 25.9 Å². The first-order valence-electron chi connectivity index (χ1n) is 7.11. The highest BCUT2D eigenvalue weighted by atomic mass is 79.9. The fourth-order valence-electron chi connectivity index (χ4n) is 2.23. The van der Waals surface area contributed by atoms with Gasteiger partial charge in [-0.2, -0.15) is 0 Å². The highest BCUT2D eigenvalue weighted by molar-refractivity contribution is 9.10. The highest BCUT2D eigenvalue weighted by Crippen LogP contribution is 2.19. The third-order valence-corrected chi connectivity index (χ3v) is 6.46. The van der Waals surface area contributed by atoms with Crippen molar-refractivity contribution < 1.29 is 16.8 Å². The van der Waals surface area contributed by atoms with Gasteiger partial charge in [0.05, 0.1) is 10.6 Å². The first-order valence-corrected chi connectivity index (χ1v) is 11.4. The second kappa shape index (κ2) is 7.35. The van der Waals surface area contributed by atoms with E-state index in [0.717, 1.165) is 10.7 Å².